The highest BCUT2D eigenvalue weighted by molar-refractivity contribution is 5.87. The average Bonchev–Trinajstić information content (AvgIpc) is 2.62. The second-order valence-electron chi connectivity index (χ2n) is 5.79. The van der Waals surface area contributed by atoms with Gasteiger partial charge in [-0.2, -0.15) is 5.10 Å². The number of ether oxygens (including phenoxy) is 1. The third-order valence-electron chi connectivity index (χ3n) is 3.67. The van der Waals surface area contributed by atoms with E-state index in [9.17, 15) is 4.79 Å². The second-order valence-corrected chi connectivity index (χ2v) is 5.79. The monoisotopic (exact) mass is 340 g/mol. The molecule has 0 aliphatic rings. The molecule has 0 spiro atoms. The standard InChI is InChI=1S/C19H24N4O2/c1-14(21-17-7-5-6-8-18(17)25-4)19(24)22-20-13-15-9-11-16(12-10-15)23(2)3/h5-14,21H,1-4H3,(H,22,24)/b20-13-/t14-/m0/s1. The predicted octanol–water partition coefficient (Wildman–Crippen LogP) is 2.71. The Hall–Kier alpha value is -3.02. The van der Waals surface area contributed by atoms with Crippen LogP contribution in [0.5, 0.6) is 5.75 Å². The van der Waals surface area contributed by atoms with Crippen LogP contribution in [0.1, 0.15) is 12.5 Å². The summed E-state index contributed by atoms with van der Waals surface area (Å²) >= 11 is 0. The van der Waals surface area contributed by atoms with Gasteiger partial charge in [0.1, 0.15) is 11.8 Å². The molecule has 1 atom stereocenters. The van der Waals surface area contributed by atoms with Crippen molar-refractivity contribution < 1.29 is 9.53 Å². The first-order valence-electron chi connectivity index (χ1n) is 8.01. The van der Waals surface area contributed by atoms with Crippen molar-refractivity contribution in [2.24, 2.45) is 5.10 Å². The van der Waals surface area contributed by atoms with E-state index in [0.29, 0.717) is 5.75 Å². The second kappa shape index (κ2) is 8.73. The van der Waals surface area contributed by atoms with Gasteiger partial charge in [-0.3, -0.25) is 4.79 Å². The lowest BCUT2D eigenvalue weighted by Gasteiger charge is -2.15. The zero-order chi connectivity index (χ0) is 18.2. The van der Waals surface area contributed by atoms with E-state index in [1.165, 1.54) is 0 Å². The van der Waals surface area contributed by atoms with E-state index in [2.05, 4.69) is 15.8 Å². The molecule has 6 nitrogen and oxygen atoms in total. The van der Waals surface area contributed by atoms with Gasteiger partial charge in [0.2, 0.25) is 0 Å². The number of anilines is 2. The molecule has 2 aromatic carbocycles. The number of hydrogen-bond donors (Lipinski definition) is 2. The molecule has 132 valence electrons. The number of methoxy groups -OCH3 is 1. The maximum atomic E-state index is 12.1. The van der Waals surface area contributed by atoms with Crippen molar-refractivity contribution >= 4 is 23.5 Å². The van der Waals surface area contributed by atoms with Gasteiger partial charge in [0, 0.05) is 19.8 Å². The number of benzene rings is 2. The maximum absolute atomic E-state index is 12.1. The predicted molar refractivity (Wildman–Crippen MR) is 103 cm³/mol. The quantitative estimate of drug-likeness (QED) is 0.601. The molecule has 0 aliphatic heterocycles. The first kappa shape index (κ1) is 18.3. The molecule has 6 heteroatoms. The summed E-state index contributed by atoms with van der Waals surface area (Å²) in [7, 11) is 5.57. The van der Waals surface area contributed by atoms with Crippen LogP contribution in [0.25, 0.3) is 0 Å². The van der Waals surface area contributed by atoms with Crippen LogP contribution < -0.4 is 20.4 Å². The number of amides is 1. The number of rotatable bonds is 7. The maximum Gasteiger partial charge on any atom is 0.262 e. The van der Waals surface area contributed by atoms with Gasteiger partial charge in [0.05, 0.1) is 19.0 Å². The topological polar surface area (TPSA) is 66.0 Å². The van der Waals surface area contributed by atoms with Crippen molar-refractivity contribution in [3.63, 3.8) is 0 Å². The molecule has 1 amide bonds. The molecule has 0 radical (unpaired) electrons. The third kappa shape index (κ3) is 5.24. The summed E-state index contributed by atoms with van der Waals surface area (Å²) in [6, 6.07) is 14.9. The van der Waals surface area contributed by atoms with Crippen LogP contribution in [0.4, 0.5) is 11.4 Å². The number of nitrogens with zero attached hydrogens (tertiary/aromatic N) is 2. The summed E-state index contributed by atoms with van der Waals surface area (Å²) in [5, 5.41) is 7.13. The summed E-state index contributed by atoms with van der Waals surface area (Å²) in [5.74, 6) is 0.457. The average molecular weight is 340 g/mol. The minimum atomic E-state index is -0.454. The number of hydrogen-bond acceptors (Lipinski definition) is 5. The Morgan fingerprint density at radius 1 is 1.16 bits per heavy atom. The molecule has 2 aromatic rings. The molecule has 0 fully saturated rings. The Kier molecular flexibility index (Phi) is 6.39. The highest BCUT2D eigenvalue weighted by atomic mass is 16.5. The van der Waals surface area contributed by atoms with E-state index in [-0.39, 0.29) is 5.91 Å². The first-order chi connectivity index (χ1) is 12.0. The van der Waals surface area contributed by atoms with Gasteiger partial charge in [-0.25, -0.2) is 5.43 Å². The van der Waals surface area contributed by atoms with E-state index in [4.69, 9.17) is 4.74 Å². The fraction of sp³-hybridized carbons (Fsp3) is 0.263. The third-order valence-corrected chi connectivity index (χ3v) is 3.67. The molecule has 2 N–H and O–H groups in total. The molecule has 0 aliphatic carbocycles. The molecule has 0 aromatic heterocycles. The fourth-order valence-electron chi connectivity index (χ4n) is 2.19. The van der Waals surface area contributed by atoms with Gasteiger partial charge in [-0.1, -0.05) is 24.3 Å². The van der Waals surface area contributed by atoms with Crippen molar-refractivity contribution in [3.05, 3.63) is 54.1 Å². The van der Waals surface area contributed by atoms with Gasteiger partial charge in [0.15, 0.2) is 0 Å². The molecule has 0 heterocycles. The van der Waals surface area contributed by atoms with Crippen LogP contribution in [-0.2, 0) is 4.79 Å². The van der Waals surface area contributed by atoms with Gasteiger partial charge in [-0.05, 0) is 36.8 Å². The Morgan fingerprint density at radius 3 is 2.48 bits per heavy atom. The smallest absolute Gasteiger partial charge is 0.262 e. The Balaban J connectivity index is 1.90. The van der Waals surface area contributed by atoms with Gasteiger partial charge in [0.25, 0.3) is 5.91 Å². The minimum Gasteiger partial charge on any atom is -0.495 e. The lowest BCUT2D eigenvalue weighted by atomic mass is 10.2. The molecule has 0 saturated heterocycles. The van der Waals surface area contributed by atoms with Crippen molar-refractivity contribution in [3.8, 4) is 5.75 Å². The van der Waals surface area contributed by atoms with Crippen LogP contribution in [0.15, 0.2) is 53.6 Å². The zero-order valence-electron chi connectivity index (χ0n) is 15.0. The number of hydrazone groups is 1. The highest BCUT2D eigenvalue weighted by Gasteiger charge is 2.13. The molecule has 0 bridgehead atoms. The summed E-state index contributed by atoms with van der Waals surface area (Å²) in [6.45, 7) is 1.77. The zero-order valence-corrected chi connectivity index (χ0v) is 15.0. The van der Waals surface area contributed by atoms with Gasteiger partial charge in [-0.15, -0.1) is 0 Å². The van der Waals surface area contributed by atoms with E-state index in [1.807, 2.05) is 67.5 Å². The summed E-state index contributed by atoms with van der Waals surface area (Å²) in [6.07, 6.45) is 1.62. The van der Waals surface area contributed by atoms with Crippen LogP contribution in [-0.4, -0.2) is 39.4 Å². The molecule has 0 saturated carbocycles. The van der Waals surface area contributed by atoms with Gasteiger partial charge < -0.3 is 15.0 Å². The Labute approximate surface area is 148 Å². The van der Waals surface area contributed by atoms with Crippen molar-refractivity contribution in [2.75, 3.05) is 31.4 Å². The number of carbonyl (C=O) groups excluding carboxylic acids is 1. The molecular weight excluding hydrogens is 316 g/mol. The molecule has 0 unspecified atom stereocenters. The normalized spacial score (nSPS) is 11.8. The molecular formula is C19H24N4O2. The lowest BCUT2D eigenvalue weighted by Crippen LogP contribution is -2.35. The van der Waals surface area contributed by atoms with Crippen molar-refractivity contribution in [2.45, 2.75) is 13.0 Å². The lowest BCUT2D eigenvalue weighted by molar-refractivity contribution is -0.121. The summed E-state index contributed by atoms with van der Waals surface area (Å²) < 4.78 is 5.26. The minimum absolute atomic E-state index is 0.230. The molecule has 2 rings (SSSR count). The number of para-hydroxylation sites is 2. The van der Waals surface area contributed by atoms with Crippen molar-refractivity contribution in [1.29, 1.82) is 0 Å². The fourth-order valence-corrected chi connectivity index (χ4v) is 2.19. The van der Waals surface area contributed by atoms with E-state index >= 15 is 0 Å². The highest BCUT2D eigenvalue weighted by Crippen LogP contribution is 2.23. The van der Waals surface area contributed by atoms with Crippen LogP contribution in [0.2, 0.25) is 0 Å². The Morgan fingerprint density at radius 2 is 1.84 bits per heavy atom. The van der Waals surface area contributed by atoms with Gasteiger partial charge >= 0.3 is 0 Å². The first-order valence-corrected chi connectivity index (χ1v) is 8.01. The number of nitrogens with one attached hydrogen (secondary N) is 2. The SMILES string of the molecule is COc1ccccc1N[C@@H](C)C(=O)N/N=C\c1ccc(N(C)C)cc1. The van der Waals surface area contributed by atoms with E-state index in [1.54, 1.807) is 20.2 Å². The summed E-state index contributed by atoms with van der Waals surface area (Å²) in [5.41, 5.74) is 5.32. The molecule has 25 heavy (non-hydrogen) atoms. The largest absolute Gasteiger partial charge is 0.495 e. The Bertz CT molecular complexity index is 726. The van der Waals surface area contributed by atoms with Crippen LogP contribution in [0, 0.1) is 0 Å². The number of carbonyl (C=O) groups is 1. The summed E-state index contributed by atoms with van der Waals surface area (Å²) in [4.78, 5) is 14.2. The van der Waals surface area contributed by atoms with E-state index < -0.39 is 6.04 Å². The van der Waals surface area contributed by atoms with Crippen LogP contribution in [0.3, 0.4) is 0 Å². The van der Waals surface area contributed by atoms with Crippen molar-refractivity contribution in [1.82, 2.24) is 5.43 Å². The van der Waals surface area contributed by atoms with E-state index in [0.717, 1.165) is 16.9 Å². The van der Waals surface area contributed by atoms with Crippen LogP contribution >= 0.6 is 0 Å².